The van der Waals surface area contributed by atoms with Crippen LogP contribution in [0, 0.1) is 17.3 Å². The quantitative estimate of drug-likeness (QED) is 0.535. The van der Waals surface area contributed by atoms with Crippen LogP contribution in [0.2, 0.25) is 0 Å². The van der Waals surface area contributed by atoms with Gasteiger partial charge in [0, 0.05) is 0 Å². The van der Waals surface area contributed by atoms with E-state index in [1.807, 2.05) is 0 Å². The van der Waals surface area contributed by atoms with Crippen LogP contribution in [0.1, 0.15) is 73.6 Å². The molecule has 2 unspecified atom stereocenters. The number of hydrogen-bond acceptors (Lipinski definition) is 0. The molecule has 2 atom stereocenters. The SMILES string of the molecule is CC(C)=C1CCCC(C)C1CCC(C)(C)C. The molecular formula is C16H30. The summed E-state index contributed by atoms with van der Waals surface area (Å²) in [5.74, 6) is 1.78. The first-order valence-corrected chi connectivity index (χ1v) is 6.97. The zero-order valence-corrected chi connectivity index (χ0v) is 12.2. The Kier molecular flexibility index (Phi) is 4.64. The summed E-state index contributed by atoms with van der Waals surface area (Å²) < 4.78 is 0. The molecule has 0 heteroatoms. The molecule has 0 heterocycles. The number of allylic oxidation sites excluding steroid dienone is 2. The van der Waals surface area contributed by atoms with Gasteiger partial charge >= 0.3 is 0 Å². The molecule has 0 spiro atoms. The van der Waals surface area contributed by atoms with E-state index < -0.39 is 0 Å². The Bertz CT molecular complexity index is 248. The third kappa shape index (κ3) is 3.96. The Labute approximate surface area is 103 Å². The van der Waals surface area contributed by atoms with Crippen molar-refractivity contribution in [2.75, 3.05) is 0 Å². The standard InChI is InChI=1S/C16H30/c1-12(2)14-9-7-8-13(3)15(14)10-11-16(4,5)6/h13,15H,7-11H2,1-6H3. The molecule has 0 aliphatic heterocycles. The van der Waals surface area contributed by atoms with Crippen molar-refractivity contribution in [2.24, 2.45) is 17.3 Å². The van der Waals surface area contributed by atoms with Crippen LogP contribution in [0.15, 0.2) is 11.1 Å². The summed E-state index contributed by atoms with van der Waals surface area (Å²) in [4.78, 5) is 0. The van der Waals surface area contributed by atoms with Crippen molar-refractivity contribution in [2.45, 2.75) is 73.6 Å². The van der Waals surface area contributed by atoms with Crippen molar-refractivity contribution in [1.82, 2.24) is 0 Å². The van der Waals surface area contributed by atoms with E-state index >= 15 is 0 Å². The van der Waals surface area contributed by atoms with Gasteiger partial charge in [-0.05, 0) is 63.2 Å². The molecule has 1 saturated carbocycles. The topological polar surface area (TPSA) is 0 Å². The van der Waals surface area contributed by atoms with Gasteiger partial charge in [0.2, 0.25) is 0 Å². The van der Waals surface area contributed by atoms with Crippen molar-refractivity contribution in [3.8, 4) is 0 Å². The zero-order chi connectivity index (χ0) is 12.3. The monoisotopic (exact) mass is 222 g/mol. The third-order valence-corrected chi connectivity index (χ3v) is 4.09. The van der Waals surface area contributed by atoms with Crippen molar-refractivity contribution < 1.29 is 0 Å². The van der Waals surface area contributed by atoms with Crippen LogP contribution in [0.4, 0.5) is 0 Å². The van der Waals surface area contributed by atoms with Gasteiger partial charge in [0.15, 0.2) is 0 Å². The Morgan fingerprint density at radius 2 is 1.88 bits per heavy atom. The fourth-order valence-electron chi connectivity index (χ4n) is 3.01. The molecule has 16 heavy (non-hydrogen) atoms. The Hall–Kier alpha value is -0.260. The first kappa shape index (κ1) is 13.8. The summed E-state index contributed by atoms with van der Waals surface area (Å²) in [5.41, 5.74) is 3.86. The van der Waals surface area contributed by atoms with Gasteiger partial charge in [-0.3, -0.25) is 0 Å². The zero-order valence-electron chi connectivity index (χ0n) is 12.2. The minimum atomic E-state index is 0.490. The van der Waals surface area contributed by atoms with E-state index in [-0.39, 0.29) is 0 Å². The molecule has 1 rings (SSSR count). The summed E-state index contributed by atoms with van der Waals surface area (Å²) in [6, 6.07) is 0. The van der Waals surface area contributed by atoms with Crippen molar-refractivity contribution in [3.05, 3.63) is 11.1 Å². The average Bonchev–Trinajstić information content (AvgIpc) is 2.13. The Balaban J connectivity index is 2.69. The maximum Gasteiger partial charge on any atom is -0.0175 e. The number of rotatable bonds is 2. The molecule has 0 aromatic heterocycles. The second-order valence-electron chi connectivity index (χ2n) is 7.10. The van der Waals surface area contributed by atoms with Crippen LogP contribution in [0.25, 0.3) is 0 Å². The molecule has 0 N–H and O–H groups in total. The van der Waals surface area contributed by atoms with Gasteiger partial charge in [0.05, 0.1) is 0 Å². The summed E-state index contributed by atoms with van der Waals surface area (Å²) >= 11 is 0. The van der Waals surface area contributed by atoms with Crippen molar-refractivity contribution in [1.29, 1.82) is 0 Å². The molecule has 0 bridgehead atoms. The predicted octanol–water partition coefficient (Wildman–Crippen LogP) is 5.59. The second-order valence-corrected chi connectivity index (χ2v) is 7.10. The highest BCUT2D eigenvalue weighted by molar-refractivity contribution is 5.16. The molecule has 1 fully saturated rings. The van der Waals surface area contributed by atoms with Gasteiger partial charge in [-0.1, -0.05) is 38.8 Å². The Morgan fingerprint density at radius 3 is 2.38 bits per heavy atom. The van der Waals surface area contributed by atoms with E-state index in [1.54, 1.807) is 11.1 Å². The lowest BCUT2D eigenvalue weighted by molar-refractivity contribution is 0.259. The lowest BCUT2D eigenvalue weighted by Crippen LogP contribution is -2.22. The summed E-state index contributed by atoms with van der Waals surface area (Å²) in [6.07, 6.45) is 6.96. The van der Waals surface area contributed by atoms with Crippen molar-refractivity contribution in [3.63, 3.8) is 0 Å². The van der Waals surface area contributed by atoms with Gasteiger partial charge in [0.25, 0.3) is 0 Å². The van der Waals surface area contributed by atoms with Crippen LogP contribution < -0.4 is 0 Å². The molecule has 0 aromatic carbocycles. The van der Waals surface area contributed by atoms with Crippen molar-refractivity contribution >= 4 is 0 Å². The average molecular weight is 222 g/mol. The highest BCUT2D eigenvalue weighted by Crippen LogP contribution is 2.40. The highest BCUT2D eigenvalue weighted by Gasteiger charge is 2.27. The van der Waals surface area contributed by atoms with E-state index in [0.29, 0.717) is 5.41 Å². The Morgan fingerprint density at radius 1 is 1.25 bits per heavy atom. The maximum absolute atomic E-state index is 2.45. The van der Waals surface area contributed by atoms with Crippen LogP contribution in [-0.4, -0.2) is 0 Å². The van der Waals surface area contributed by atoms with Crippen LogP contribution in [0.3, 0.4) is 0 Å². The molecule has 0 aromatic rings. The molecular weight excluding hydrogens is 192 g/mol. The van der Waals surface area contributed by atoms with E-state index in [4.69, 9.17) is 0 Å². The van der Waals surface area contributed by atoms with E-state index in [1.165, 1.54) is 32.1 Å². The maximum atomic E-state index is 2.45. The minimum Gasteiger partial charge on any atom is -0.0769 e. The first-order valence-electron chi connectivity index (χ1n) is 6.97. The molecule has 0 nitrogen and oxygen atoms in total. The lowest BCUT2D eigenvalue weighted by atomic mass is 9.71. The van der Waals surface area contributed by atoms with E-state index in [2.05, 4.69) is 41.5 Å². The fraction of sp³-hybridized carbons (Fsp3) is 0.875. The summed E-state index contributed by atoms with van der Waals surface area (Å²) in [5, 5.41) is 0. The lowest BCUT2D eigenvalue weighted by Gasteiger charge is -2.34. The minimum absolute atomic E-state index is 0.490. The smallest absolute Gasteiger partial charge is 0.0175 e. The molecule has 0 saturated heterocycles. The molecule has 0 radical (unpaired) electrons. The summed E-state index contributed by atoms with van der Waals surface area (Å²) in [6.45, 7) is 14.2. The van der Waals surface area contributed by atoms with Gasteiger partial charge in [0.1, 0.15) is 0 Å². The molecule has 0 amide bonds. The molecule has 1 aliphatic rings. The van der Waals surface area contributed by atoms with Crippen LogP contribution in [0.5, 0.6) is 0 Å². The van der Waals surface area contributed by atoms with E-state index in [0.717, 1.165) is 11.8 Å². The van der Waals surface area contributed by atoms with Gasteiger partial charge in [-0.2, -0.15) is 0 Å². The fourth-order valence-corrected chi connectivity index (χ4v) is 3.01. The summed E-state index contributed by atoms with van der Waals surface area (Å²) in [7, 11) is 0. The second kappa shape index (κ2) is 5.38. The van der Waals surface area contributed by atoms with Crippen LogP contribution in [-0.2, 0) is 0 Å². The van der Waals surface area contributed by atoms with E-state index in [9.17, 15) is 0 Å². The largest absolute Gasteiger partial charge is 0.0769 e. The van der Waals surface area contributed by atoms with Crippen LogP contribution >= 0.6 is 0 Å². The number of hydrogen-bond donors (Lipinski definition) is 0. The van der Waals surface area contributed by atoms with Gasteiger partial charge in [-0.15, -0.1) is 0 Å². The first-order chi connectivity index (χ1) is 7.31. The normalized spacial score (nSPS) is 27.0. The van der Waals surface area contributed by atoms with Gasteiger partial charge < -0.3 is 0 Å². The van der Waals surface area contributed by atoms with Gasteiger partial charge in [-0.25, -0.2) is 0 Å². The predicted molar refractivity (Wildman–Crippen MR) is 73.6 cm³/mol. The highest BCUT2D eigenvalue weighted by atomic mass is 14.3. The molecule has 1 aliphatic carbocycles. The third-order valence-electron chi connectivity index (χ3n) is 4.09. The molecule has 94 valence electrons.